The van der Waals surface area contributed by atoms with E-state index in [2.05, 4.69) is 5.32 Å². The molecule has 0 aliphatic rings. The summed E-state index contributed by atoms with van der Waals surface area (Å²) in [4.78, 5) is 24.8. The van der Waals surface area contributed by atoms with Crippen molar-refractivity contribution in [3.05, 3.63) is 95.6 Å². The number of hydrogen-bond donors (Lipinski definition) is 1. The van der Waals surface area contributed by atoms with Gasteiger partial charge in [0.25, 0.3) is 0 Å². The molecule has 0 aliphatic heterocycles. The normalized spacial score (nSPS) is 10.2. The van der Waals surface area contributed by atoms with Gasteiger partial charge in [0, 0.05) is 22.4 Å². The molecule has 3 rings (SSSR count). The maximum absolute atomic E-state index is 12.5. The number of carbonyl (C=O) groups excluding carboxylic acids is 2. The summed E-state index contributed by atoms with van der Waals surface area (Å²) in [7, 11) is 1.59. The van der Waals surface area contributed by atoms with Crippen molar-refractivity contribution in [1.82, 2.24) is 0 Å². The van der Waals surface area contributed by atoms with Crippen molar-refractivity contribution >= 4 is 17.3 Å². The van der Waals surface area contributed by atoms with E-state index in [9.17, 15) is 9.59 Å². The van der Waals surface area contributed by atoms with Gasteiger partial charge >= 0.3 is 0 Å². The first-order chi connectivity index (χ1) is 12.7. The minimum absolute atomic E-state index is 0.0348. The molecule has 0 saturated heterocycles. The van der Waals surface area contributed by atoms with Crippen LogP contribution in [0, 0.1) is 0 Å². The molecule has 1 N–H and O–H groups in total. The Morgan fingerprint density at radius 2 is 1.50 bits per heavy atom. The molecule has 0 spiro atoms. The summed E-state index contributed by atoms with van der Waals surface area (Å²) in [5, 5.41) is 3.09. The zero-order chi connectivity index (χ0) is 18.4. The summed E-state index contributed by atoms with van der Waals surface area (Å²) in [5.41, 5.74) is 2.56. The highest BCUT2D eigenvalue weighted by atomic mass is 16.5. The first kappa shape index (κ1) is 17.4. The predicted octanol–water partition coefficient (Wildman–Crippen LogP) is 4.22. The smallest absolute Gasteiger partial charge is 0.193 e. The molecule has 0 aromatic heterocycles. The molecule has 0 heterocycles. The van der Waals surface area contributed by atoms with Gasteiger partial charge in [0.2, 0.25) is 0 Å². The van der Waals surface area contributed by atoms with Crippen LogP contribution in [0.2, 0.25) is 0 Å². The molecule has 3 aromatic rings. The Bertz CT molecular complexity index is 902. The molecule has 0 radical (unpaired) electrons. The van der Waals surface area contributed by atoms with Crippen molar-refractivity contribution < 1.29 is 14.3 Å². The maximum atomic E-state index is 12.5. The Balaban J connectivity index is 1.67. The molecule has 3 aromatic carbocycles. The zero-order valence-corrected chi connectivity index (χ0v) is 14.4. The summed E-state index contributed by atoms with van der Waals surface area (Å²) >= 11 is 0. The van der Waals surface area contributed by atoms with Crippen LogP contribution in [0.15, 0.2) is 78.9 Å². The van der Waals surface area contributed by atoms with Crippen LogP contribution >= 0.6 is 0 Å². The van der Waals surface area contributed by atoms with E-state index in [1.54, 1.807) is 61.7 Å². The van der Waals surface area contributed by atoms with Gasteiger partial charge in [0.15, 0.2) is 11.6 Å². The quantitative estimate of drug-likeness (QED) is 0.651. The average molecular weight is 345 g/mol. The van der Waals surface area contributed by atoms with Gasteiger partial charge < -0.3 is 10.1 Å². The lowest BCUT2D eigenvalue weighted by atomic mass is 10.0. The maximum Gasteiger partial charge on any atom is 0.193 e. The topological polar surface area (TPSA) is 55.4 Å². The van der Waals surface area contributed by atoms with Crippen molar-refractivity contribution in [3.8, 4) is 5.75 Å². The van der Waals surface area contributed by atoms with Crippen molar-refractivity contribution in [3.63, 3.8) is 0 Å². The Morgan fingerprint density at radius 3 is 2.19 bits per heavy atom. The SMILES string of the molecule is COc1ccc(C(=O)CNc2cccc(C(=O)c3ccccc3)c2)cc1. The van der Waals surface area contributed by atoms with Crippen LogP contribution in [0.3, 0.4) is 0 Å². The number of anilines is 1. The van der Waals surface area contributed by atoms with Crippen molar-refractivity contribution in [1.29, 1.82) is 0 Å². The summed E-state index contributed by atoms with van der Waals surface area (Å²) in [6, 6.07) is 23.3. The Kier molecular flexibility index (Phi) is 5.44. The van der Waals surface area contributed by atoms with E-state index in [0.29, 0.717) is 22.4 Å². The molecule has 0 fully saturated rings. The van der Waals surface area contributed by atoms with Crippen LogP contribution in [0.25, 0.3) is 0 Å². The Labute approximate surface area is 152 Å². The van der Waals surface area contributed by atoms with E-state index >= 15 is 0 Å². The highest BCUT2D eigenvalue weighted by Crippen LogP contribution is 2.16. The van der Waals surface area contributed by atoms with Crippen LogP contribution in [0.1, 0.15) is 26.3 Å². The lowest BCUT2D eigenvalue weighted by molar-refractivity contribution is 0.100. The van der Waals surface area contributed by atoms with E-state index in [-0.39, 0.29) is 18.1 Å². The summed E-state index contributed by atoms with van der Waals surface area (Å²) in [5.74, 6) is 0.629. The summed E-state index contributed by atoms with van der Waals surface area (Å²) in [6.07, 6.45) is 0. The monoisotopic (exact) mass is 345 g/mol. The third-order valence-corrected chi connectivity index (χ3v) is 4.03. The number of carbonyl (C=O) groups is 2. The number of benzene rings is 3. The minimum atomic E-state index is -0.0456. The largest absolute Gasteiger partial charge is 0.497 e. The molecule has 130 valence electrons. The van der Waals surface area contributed by atoms with E-state index in [1.165, 1.54) is 0 Å². The number of rotatable bonds is 7. The van der Waals surface area contributed by atoms with Gasteiger partial charge in [-0.1, -0.05) is 42.5 Å². The second-order valence-corrected chi connectivity index (χ2v) is 5.78. The van der Waals surface area contributed by atoms with Crippen LogP contribution < -0.4 is 10.1 Å². The van der Waals surface area contributed by atoms with Crippen LogP contribution in [-0.4, -0.2) is 25.2 Å². The standard InChI is InChI=1S/C22H19NO3/c1-26-20-12-10-16(11-13-20)21(24)15-23-19-9-5-8-18(14-19)22(25)17-6-3-2-4-7-17/h2-14,23H,15H2,1H3. The Morgan fingerprint density at radius 1 is 0.808 bits per heavy atom. The predicted molar refractivity (Wildman–Crippen MR) is 102 cm³/mol. The van der Waals surface area contributed by atoms with Crippen LogP contribution in [0.5, 0.6) is 5.75 Å². The number of methoxy groups -OCH3 is 1. The summed E-state index contributed by atoms with van der Waals surface area (Å²) in [6.45, 7) is 0.148. The van der Waals surface area contributed by atoms with Crippen molar-refractivity contribution in [2.45, 2.75) is 0 Å². The van der Waals surface area contributed by atoms with E-state index in [1.807, 2.05) is 24.3 Å². The molecular weight excluding hydrogens is 326 g/mol. The first-order valence-electron chi connectivity index (χ1n) is 8.28. The third-order valence-electron chi connectivity index (χ3n) is 4.03. The van der Waals surface area contributed by atoms with E-state index < -0.39 is 0 Å². The van der Waals surface area contributed by atoms with E-state index in [4.69, 9.17) is 4.74 Å². The van der Waals surface area contributed by atoms with Gasteiger partial charge in [-0.3, -0.25) is 9.59 Å². The fraction of sp³-hybridized carbons (Fsp3) is 0.0909. The number of hydrogen-bond acceptors (Lipinski definition) is 4. The number of ketones is 2. The van der Waals surface area contributed by atoms with Gasteiger partial charge in [-0.2, -0.15) is 0 Å². The molecule has 0 aliphatic carbocycles. The van der Waals surface area contributed by atoms with Crippen LogP contribution in [-0.2, 0) is 0 Å². The number of Topliss-reactive ketones (excluding diaryl/α,β-unsaturated/α-hetero) is 1. The zero-order valence-electron chi connectivity index (χ0n) is 14.4. The molecule has 4 heteroatoms. The molecule has 0 amide bonds. The average Bonchev–Trinajstić information content (AvgIpc) is 2.72. The third kappa shape index (κ3) is 4.16. The van der Waals surface area contributed by atoms with Gasteiger partial charge in [0.1, 0.15) is 5.75 Å². The molecule has 0 saturated carbocycles. The van der Waals surface area contributed by atoms with Crippen molar-refractivity contribution in [2.24, 2.45) is 0 Å². The molecule has 0 atom stereocenters. The lowest BCUT2D eigenvalue weighted by Crippen LogP contribution is -2.14. The van der Waals surface area contributed by atoms with Gasteiger partial charge in [-0.15, -0.1) is 0 Å². The fourth-order valence-corrected chi connectivity index (χ4v) is 2.59. The number of ether oxygens (including phenoxy) is 1. The van der Waals surface area contributed by atoms with Crippen molar-refractivity contribution in [2.75, 3.05) is 19.0 Å². The second kappa shape index (κ2) is 8.12. The number of nitrogens with one attached hydrogen (secondary N) is 1. The second-order valence-electron chi connectivity index (χ2n) is 5.78. The van der Waals surface area contributed by atoms with E-state index in [0.717, 1.165) is 5.69 Å². The van der Waals surface area contributed by atoms with Crippen LogP contribution in [0.4, 0.5) is 5.69 Å². The Hall–Kier alpha value is -3.40. The molecule has 4 nitrogen and oxygen atoms in total. The molecule has 0 bridgehead atoms. The molecule has 0 unspecified atom stereocenters. The van der Waals surface area contributed by atoms with Gasteiger partial charge in [0.05, 0.1) is 13.7 Å². The highest BCUT2D eigenvalue weighted by molar-refractivity contribution is 6.09. The highest BCUT2D eigenvalue weighted by Gasteiger charge is 2.10. The fourth-order valence-electron chi connectivity index (χ4n) is 2.59. The van der Waals surface area contributed by atoms with Gasteiger partial charge in [-0.05, 0) is 36.4 Å². The minimum Gasteiger partial charge on any atom is -0.497 e. The molecule has 26 heavy (non-hydrogen) atoms. The first-order valence-corrected chi connectivity index (χ1v) is 8.28. The summed E-state index contributed by atoms with van der Waals surface area (Å²) < 4.78 is 5.09. The lowest BCUT2D eigenvalue weighted by Gasteiger charge is -2.08. The van der Waals surface area contributed by atoms with Gasteiger partial charge in [-0.25, -0.2) is 0 Å². The molecular formula is C22H19NO3.